The summed E-state index contributed by atoms with van der Waals surface area (Å²) in [4.78, 5) is 21.5. The molecule has 1 amide bonds. The lowest BCUT2D eigenvalue weighted by Crippen LogP contribution is -2.11. The summed E-state index contributed by atoms with van der Waals surface area (Å²) in [5.41, 5.74) is 6.85. The molecule has 1 heterocycles. The van der Waals surface area contributed by atoms with Crippen LogP contribution < -0.4 is 10.5 Å². The van der Waals surface area contributed by atoms with Crippen LogP contribution in [0.4, 0.5) is 0 Å². The lowest BCUT2D eigenvalue weighted by molar-refractivity contribution is -0.121. The molecule has 0 fully saturated rings. The van der Waals surface area contributed by atoms with E-state index in [4.69, 9.17) is 10.5 Å². The first-order valence-electron chi connectivity index (χ1n) is 5.19. The van der Waals surface area contributed by atoms with Gasteiger partial charge in [-0.05, 0) is 25.1 Å². The Bertz CT molecular complexity index is 604. The summed E-state index contributed by atoms with van der Waals surface area (Å²) in [6.45, 7) is 2.09. The number of benzene rings is 1. The number of hydrogen-bond acceptors (Lipinski definition) is 4. The van der Waals surface area contributed by atoms with Crippen LogP contribution in [0.15, 0.2) is 30.3 Å². The molecule has 92 valence electrons. The topological polar surface area (TPSA) is 87.2 Å². The van der Waals surface area contributed by atoms with Gasteiger partial charge in [0.05, 0.1) is 11.4 Å². The first-order valence-corrected chi connectivity index (χ1v) is 5.19. The fraction of sp³-hybridized carbons (Fsp3) is 0.0833. The van der Waals surface area contributed by atoms with Gasteiger partial charge in [-0.3, -0.25) is 9.59 Å². The van der Waals surface area contributed by atoms with Crippen molar-refractivity contribution < 1.29 is 14.3 Å². The number of aryl methyl sites for hydroxylation is 1. The molecule has 0 radical (unpaired) electrons. The van der Waals surface area contributed by atoms with Gasteiger partial charge in [0, 0.05) is 11.6 Å². The lowest BCUT2D eigenvalue weighted by Gasteiger charge is -2.06. The monoisotopic (exact) mass is 245 g/mol. The highest BCUT2D eigenvalue weighted by atomic mass is 16.5. The van der Waals surface area contributed by atoms with Crippen LogP contribution in [0.25, 0.3) is 5.69 Å². The van der Waals surface area contributed by atoms with Crippen LogP contribution in [-0.2, 0) is 4.79 Å². The summed E-state index contributed by atoms with van der Waals surface area (Å²) in [6.07, 6.45) is 0. The second-order valence-corrected chi connectivity index (χ2v) is 3.66. The van der Waals surface area contributed by atoms with E-state index in [1.807, 2.05) is 0 Å². The van der Waals surface area contributed by atoms with Crippen LogP contribution in [0.3, 0.4) is 0 Å². The summed E-state index contributed by atoms with van der Waals surface area (Å²) in [7, 11) is 0. The molecule has 6 heteroatoms. The smallest absolute Gasteiger partial charge is 0.299 e. The van der Waals surface area contributed by atoms with Crippen LogP contribution in [0.2, 0.25) is 0 Å². The summed E-state index contributed by atoms with van der Waals surface area (Å²) in [5.74, 6) is -0.247. The number of nitrogens with two attached hydrogens (primary N) is 1. The van der Waals surface area contributed by atoms with Crippen molar-refractivity contribution in [2.24, 2.45) is 5.73 Å². The Morgan fingerprint density at radius 2 is 2.22 bits per heavy atom. The van der Waals surface area contributed by atoms with Gasteiger partial charge in [0.1, 0.15) is 0 Å². The number of carbonyl (C=O) groups is 2. The molecule has 2 N–H and O–H groups in total. The average molecular weight is 245 g/mol. The van der Waals surface area contributed by atoms with E-state index in [0.717, 1.165) is 0 Å². The van der Waals surface area contributed by atoms with Gasteiger partial charge >= 0.3 is 0 Å². The molecule has 2 rings (SSSR count). The molecule has 0 spiro atoms. The minimum Gasteiger partial charge on any atom is -0.410 e. The molecule has 2 aromatic rings. The first kappa shape index (κ1) is 11.8. The average Bonchev–Trinajstić information content (AvgIpc) is 2.71. The molecule has 0 saturated carbocycles. The van der Waals surface area contributed by atoms with Crippen molar-refractivity contribution in [1.29, 1.82) is 0 Å². The molecule has 0 atom stereocenters. The van der Waals surface area contributed by atoms with E-state index in [1.54, 1.807) is 37.3 Å². The van der Waals surface area contributed by atoms with Gasteiger partial charge in [-0.15, -0.1) is 0 Å². The van der Waals surface area contributed by atoms with Crippen molar-refractivity contribution in [3.8, 4) is 11.6 Å². The van der Waals surface area contributed by atoms with Crippen molar-refractivity contribution in [2.75, 3.05) is 0 Å². The van der Waals surface area contributed by atoms with E-state index in [0.29, 0.717) is 23.4 Å². The van der Waals surface area contributed by atoms with Gasteiger partial charge in [-0.1, -0.05) is 6.07 Å². The minimum atomic E-state index is -0.529. The lowest BCUT2D eigenvalue weighted by atomic mass is 10.2. The first-order chi connectivity index (χ1) is 8.61. The van der Waals surface area contributed by atoms with Gasteiger partial charge in [-0.25, -0.2) is 4.68 Å². The Morgan fingerprint density at radius 3 is 2.89 bits per heavy atom. The molecule has 1 aromatic carbocycles. The van der Waals surface area contributed by atoms with E-state index in [-0.39, 0.29) is 5.88 Å². The molecular formula is C12H11N3O3. The highest BCUT2D eigenvalue weighted by Crippen LogP contribution is 2.19. The van der Waals surface area contributed by atoms with E-state index in [1.165, 1.54) is 4.68 Å². The van der Waals surface area contributed by atoms with Crippen LogP contribution in [0.1, 0.15) is 16.1 Å². The zero-order valence-corrected chi connectivity index (χ0v) is 9.66. The molecule has 1 aromatic heterocycles. The number of carbonyl (C=O) groups excluding carboxylic acids is 2. The van der Waals surface area contributed by atoms with Crippen LogP contribution in [0, 0.1) is 6.92 Å². The number of nitrogens with zero attached hydrogens (tertiary/aromatic N) is 2. The van der Waals surface area contributed by atoms with E-state index < -0.39 is 5.91 Å². The summed E-state index contributed by atoms with van der Waals surface area (Å²) in [5, 5.41) is 4.18. The third-order valence-electron chi connectivity index (χ3n) is 2.34. The van der Waals surface area contributed by atoms with Crippen molar-refractivity contribution in [2.45, 2.75) is 6.92 Å². The van der Waals surface area contributed by atoms with E-state index in [9.17, 15) is 9.59 Å². The number of primary amides is 1. The predicted octanol–water partition coefficient (Wildman–Crippen LogP) is 0.815. The molecule has 0 unspecified atom stereocenters. The number of ether oxygens (including phenoxy) is 1. The van der Waals surface area contributed by atoms with Crippen molar-refractivity contribution in [3.63, 3.8) is 0 Å². The molecule has 0 aliphatic carbocycles. The van der Waals surface area contributed by atoms with Crippen molar-refractivity contribution >= 4 is 12.4 Å². The second-order valence-electron chi connectivity index (χ2n) is 3.66. The third-order valence-corrected chi connectivity index (χ3v) is 2.34. The molecule has 0 aliphatic rings. The van der Waals surface area contributed by atoms with Gasteiger partial charge in [-0.2, -0.15) is 5.10 Å². The summed E-state index contributed by atoms with van der Waals surface area (Å²) < 4.78 is 6.24. The maximum Gasteiger partial charge on any atom is 0.299 e. The Kier molecular flexibility index (Phi) is 3.09. The summed E-state index contributed by atoms with van der Waals surface area (Å²) in [6, 6.07) is 8.20. The van der Waals surface area contributed by atoms with Crippen molar-refractivity contribution in [1.82, 2.24) is 9.78 Å². The van der Waals surface area contributed by atoms with Gasteiger partial charge in [0.2, 0.25) is 11.8 Å². The number of amides is 1. The quantitative estimate of drug-likeness (QED) is 0.807. The Hall–Kier alpha value is -2.63. The number of hydrogen-bond donors (Lipinski definition) is 1. The highest BCUT2D eigenvalue weighted by Gasteiger charge is 2.10. The standard InChI is InChI=1S/C12H11N3O3/c1-8-5-11(18-7-16)15(14-8)10-4-2-3-9(6-10)12(13)17/h2-7H,1H3,(H2,13,17). The second kappa shape index (κ2) is 4.70. The Balaban J connectivity index is 2.50. The van der Waals surface area contributed by atoms with Gasteiger partial charge in [0.15, 0.2) is 0 Å². The van der Waals surface area contributed by atoms with Crippen LogP contribution in [-0.4, -0.2) is 22.2 Å². The van der Waals surface area contributed by atoms with E-state index in [2.05, 4.69) is 5.10 Å². The zero-order chi connectivity index (χ0) is 13.1. The van der Waals surface area contributed by atoms with Crippen LogP contribution >= 0.6 is 0 Å². The largest absolute Gasteiger partial charge is 0.410 e. The van der Waals surface area contributed by atoms with Crippen LogP contribution in [0.5, 0.6) is 5.88 Å². The molecule has 18 heavy (non-hydrogen) atoms. The van der Waals surface area contributed by atoms with Crippen molar-refractivity contribution in [3.05, 3.63) is 41.6 Å². The fourth-order valence-electron chi connectivity index (χ4n) is 1.58. The highest BCUT2D eigenvalue weighted by molar-refractivity contribution is 5.93. The maximum atomic E-state index is 11.1. The maximum absolute atomic E-state index is 11.1. The Morgan fingerprint density at radius 1 is 1.44 bits per heavy atom. The molecule has 0 aliphatic heterocycles. The zero-order valence-electron chi connectivity index (χ0n) is 9.66. The third kappa shape index (κ3) is 2.22. The predicted molar refractivity (Wildman–Crippen MR) is 63.5 cm³/mol. The normalized spacial score (nSPS) is 10.1. The summed E-state index contributed by atoms with van der Waals surface area (Å²) >= 11 is 0. The molecule has 6 nitrogen and oxygen atoms in total. The minimum absolute atomic E-state index is 0.282. The number of aromatic nitrogens is 2. The Labute approximate surface area is 103 Å². The fourth-order valence-corrected chi connectivity index (χ4v) is 1.58. The molecule has 0 saturated heterocycles. The van der Waals surface area contributed by atoms with E-state index >= 15 is 0 Å². The van der Waals surface area contributed by atoms with Gasteiger partial charge in [0.25, 0.3) is 6.47 Å². The molecular weight excluding hydrogens is 234 g/mol. The SMILES string of the molecule is Cc1cc(OC=O)n(-c2cccc(C(N)=O)c2)n1. The molecule has 0 bridgehead atoms. The van der Waals surface area contributed by atoms with Gasteiger partial charge < -0.3 is 10.5 Å². The number of rotatable bonds is 4.